The monoisotopic (exact) mass is 750 g/mol. The van der Waals surface area contributed by atoms with Gasteiger partial charge in [-0.05, 0) is 75.7 Å². The van der Waals surface area contributed by atoms with E-state index in [1.165, 1.54) is 18.2 Å². The molecule has 4 aromatic heterocycles. The molecule has 0 fully saturated rings. The average molecular weight is 751 g/mol. The van der Waals surface area contributed by atoms with E-state index < -0.39 is 36.0 Å². The van der Waals surface area contributed by atoms with E-state index in [0.717, 1.165) is 0 Å². The number of aryl methyl sites for hydroxylation is 4. The minimum Gasteiger partial charge on any atom is -0.481 e. The van der Waals surface area contributed by atoms with Crippen molar-refractivity contribution in [2.24, 2.45) is 11.5 Å². The maximum Gasteiger partial charge on any atom is 0.307 e. The van der Waals surface area contributed by atoms with Crippen molar-refractivity contribution in [1.82, 2.24) is 38.7 Å². The van der Waals surface area contributed by atoms with Crippen molar-refractivity contribution in [2.45, 2.75) is 67.7 Å². The molecule has 6 aromatic rings. The quantitative estimate of drug-likeness (QED) is 0.101. The smallest absolute Gasteiger partial charge is 0.307 e. The molecule has 0 aliphatic rings. The number of anilines is 2. The fraction of sp³-hybridized carbons (Fsp3) is 0.270. The molecule has 2 aromatic carbocycles. The summed E-state index contributed by atoms with van der Waals surface area (Å²) in [5.41, 5.74) is 15.3. The van der Waals surface area contributed by atoms with Crippen LogP contribution in [0.25, 0.3) is 22.1 Å². The number of nitrogens with one attached hydrogen (secondary N) is 2. The topological polar surface area (TPSA) is 253 Å². The van der Waals surface area contributed by atoms with Crippen LogP contribution in [-0.2, 0) is 37.4 Å². The van der Waals surface area contributed by atoms with Gasteiger partial charge in [-0.1, -0.05) is 19.6 Å². The van der Waals surface area contributed by atoms with Gasteiger partial charge in [0.15, 0.2) is 0 Å². The van der Waals surface area contributed by atoms with Gasteiger partial charge < -0.3 is 25.7 Å². The summed E-state index contributed by atoms with van der Waals surface area (Å²) in [6.07, 6.45) is 3.12. The molecule has 286 valence electrons. The Balaban J connectivity index is 0.00000580. The van der Waals surface area contributed by atoms with E-state index in [9.17, 15) is 29.1 Å². The molecule has 0 aliphatic carbocycles. The number of aromatic nitrogens is 8. The fourth-order valence-corrected chi connectivity index (χ4v) is 6.26. The van der Waals surface area contributed by atoms with E-state index in [1.807, 2.05) is 13.8 Å². The maximum absolute atomic E-state index is 13.5. The predicted molar refractivity (Wildman–Crippen MR) is 205 cm³/mol. The summed E-state index contributed by atoms with van der Waals surface area (Å²) in [5, 5.41) is 24.1. The Bertz CT molecular complexity index is 2520. The van der Waals surface area contributed by atoms with E-state index in [0.29, 0.717) is 52.4 Å². The van der Waals surface area contributed by atoms with E-state index in [1.54, 1.807) is 68.8 Å². The number of nitrogens with zero attached hydrogens (tertiary/aromatic N) is 8. The number of nitrogens with two attached hydrogens (primary N) is 2. The van der Waals surface area contributed by atoms with Crippen molar-refractivity contribution < 1.29 is 29.1 Å². The van der Waals surface area contributed by atoms with E-state index in [-0.39, 0.29) is 54.6 Å². The Morgan fingerprint density at radius 3 is 1.76 bits per heavy atom. The summed E-state index contributed by atoms with van der Waals surface area (Å²) < 4.78 is 6.51. The number of hydrogen-bond donors (Lipinski definition) is 5. The van der Waals surface area contributed by atoms with Crippen LogP contribution in [0.4, 0.5) is 11.9 Å². The van der Waals surface area contributed by atoms with Crippen molar-refractivity contribution in [3.63, 3.8) is 0 Å². The number of carbonyl (C=O) groups is 5. The van der Waals surface area contributed by atoms with E-state index in [4.69, 9.17) is 11.5 Å². The van der Waals surface area contributed by atoms with Gasteiger partial charge >= 0.3 is 5.97 Å². The highest BCUT2D eigenvalue weighted by molar-refractivity contribution is 6.05. The number of aliphatic carboxylic acids is 1. The second-order valence-electron chi connectivity index (χ2n) is 12.5. The number of rotatable bonds is 14. The van der Waals surface area contributed by atoms with Crippen LogP contribution in [0.2, 0.25) is 0 Å². The summed E-state index contributed by atoms with van der Waals surface area (Å²) in [6.45, 7) is 8.48. The fourth-order valence-electron chi connectivity index (χ4n) is 6.26. The van der Waals surface area contributed by atoms with Crippen LogP contribution < -0.4 is 22.1 Å². The van der Waals surface area contributed by atoms with Crippen LogP contribution in [0.15, 0.2) is 54.6 Å². The molecule has 0 saturated carbocycles. The summed E-state index contributed by atoms with van der Waals surface area (Å²) in [4.78, 5) is 72.2. The Morgan fingerprint density at radius 1 is 0.727 bits per heavy atom. The van der Waals surface area contributed by atoms with Gasteiger partial charge in [0.1, 0.15) is 11.4 Å². The van der Waals surface area contributed by atoms with Gasteiger partial charge in [-0.15, -0.1) is 0 Å². The van der Waals surface area contributed by atoms with E-state index >= 15 is 0 Å². The molecule has 7 N–H and O–H groups in total. The van der Waals surface area contributed by atoms with Crippen LogP contribution in [0.3, 0.4) is 0 Å². The summed E-state index contributed by atoms with van der Waals surface area (Å²) in [5.74, 6) is -3.17. The molecule has 55 heavy (non-hydrogen) atoms. The molecule has 0 saturated heterocycles. The zero-order chi connectivity index (χ0) is 38.8. The van der Waals surface area contributed by atoms with Crippen LogP contribution in [0.1, 0.15) is 79.9 Å². The number of allylic oxidation sites excluding steroid dienone is 2. The molecule has 0 aliphatic heterocycles. The van der Waals surface area contributed by atoms with Gasteiger partial charge in [-0.3, -0.25) is 44.0 Å². The van der Waals surface area contributed by atoms with Crippen molar-refractivity contribution >= 4 is 63.6 Å². The van der Waals surface area contributed by atoms with Gasteiger partial charge in [-0.2, -0.15) is 10.2 Å². The first-order valence-corrected chi connectivity index (χ1v) is 17.0. The molecule has 0 bridgehead atoms. The summed E-state index contributed by atoms with van der Waals surface area (Å²) in [7, 11) is 0. The van der Waals surface area contributed by atoms with Crippen LogP contribution in [-0.4, -0.2) is 73.4 Å². The molecule has 0 radical (unpaired) electrons. The first kappa shape index (κ1) is 39.1. The van der Waals surface area contributed by atoms with Crippen molar-refractivity contribution in [3.8, 4) is 0 Å². The molecule has 18 heteroatoms. The molecule has 0 unspecified atom stereocenters. The highest BCUT2D eigenvalue weighted by atomic mass is 16.4. The number of fused-ring (bicyclic) bond motifs is 2. The van der Waals surface area contributed by atoms with Crippen LogP contribution in [0, 0.1) is 13.8 Å². The SMILES string of the molecule is C.CCn1nc(C)cc1C(=O)Nc1nc2cc(C(N)=O)ccc2n1C/C=C/Cn1c(NC(=O)c2cc(C)nn2CC)nc2cc(C(N)=O)cc(CC(=O)O)c21. The molecule has 0 spiro atoms. The molecule has 6 rings (SSSR count). The summed E-state index contributed by atoms with van der Waals surface area (Å²) in [6, 6.07) is 10.9. The zero-order valence-electron chi connectivity index (χ0n) is 30.0. The van der Waals surface area contributed by atoms with Gasteiger partial charge in [0, 0.05) is 37.3 Å². The van der Waals surface area contributed by atoms with Gasteiger partial charge in [0.05, 0.1) is 39.9 Å². The van der Waals surface area contributed by atoms with Crippen molar-refractivity contribution in [1.29, 1.82) is 0 Å². The minimum absolute atomic E-state index is 0. The number of imidazole rings is 2. The first-order chi connectivity index (χ1) is 25.8. The van der Waals surface area contributed by atoms with Crippen LogP contribution >= 0.6 is 0 Å². The van der Waals surface area contributed by atoms with Gasteiger partial charge in [0.25, 0.3) is 11.8 Å². The number of primary amides is 2. The Kier molecular flexibility index (Phi) is 11.3. The van der Waals surface area contributed by atoms with Gasteiger partial charge in [-0.25, -0.2) is 9.97 Å². The largest absolute Gasteiger partial charge is 0.481 e. The van der Waals surface area contributed by atoms with Gasteiger partial charge in [0.2, 0.25) is 23.7 Å². The predicted octanol–water partition coefficient (Wildman–Crippen LogP) is 3.66. The average Bonchev–Trinajstić information content (AvgIpc) is 3.88. The van der Waals surface area contributed by atoms with E-state index in [2.05, 4.69) is 30.8 Å². The minimum atomic E-state index is -1.15. The Labute approximate surface area is 314 Å². The maximum atomic E-state index is 13.5. The van der Waals surface area contributed by atoms with Crippen molar-refractivity contribution in [3.05, 3.63) is 94.1 Å². The third kappa shape index (κ3) is 7.97. The lowest BCUT2D eigenvalue weighted by molar-refractivity contribution is -0.136. The lowest BCUT2D eigenvalue weighted by Gasteiger charge is -2.12. The number of amides is 4. The zero-order valence-corrected chi connectivity index (χ0v) is 30.0. The molecular formula is C37H42N12O6. The second-order valence-corrected chi connectivity index (χ2v) is 12.5. The molecule has 4 heterocycles. The first-order valence-electron chi connectivity index (χ1n) is 17.0. The molecule has 4 amide bonds. The number of carbonyl (C=O) groups excluding carboxylic acids is 4. The van der Waals surface area contributed by atoms with Crippen molar-refractivity contribution in [2.75, 3.05) is 10.6 Å². The highest BCUT2D eigenvalue weighted by Gasteiger charge is 2.22. The normalized spacial score (nSPS) is 11.3. The van der Waals surface area contributed by atoms with Crippen LogP contribution in [0.5, 0.6) is 0 Å². The Morgan fingerprint density at radius 2 is 1.24 bits per heavy atom. The Hall–Kier alpha value is -7.11. The third-order valence-electron chi connectivity index (χ3n) is 8.64. The number of carboxylic acids is 1. The third-order valence-corrected chi connectivity index (χ3v) is 8.64. The lowest BCUT2D eigenvalue weighted by atomic mass is 10.1. The summed E-state index contributed by atoms with van der Waals surface area (Å²) >= 11 is 0. The number of hydrogen-bond acceptors (Lipinski definition) is 9. The molecule has 0 atom stereocenters. The second kappa shape index (κ2) is 15.9. The highest BCUT2D eigenvalue weighted by Crippen LogP contribution is 2.27. The lowest BCUT2D eigenvalue weighted by Crippen LogP contribution is -2.20. The standard InChI is InChI=1S/C36H38N12O6.CH4/c1-5-47-27(13-19(3)43-47)33(53)41-35-39-24-16-21(31(37)51)9-10-26(24)45(35)11-7-8-12-46-30-22(18-29(49)50)15-23(32(38)52)17-25(30)40-36(46)42-34(54)28-14-20(4)44-48(28)6-2;/h7-10,13-17H,5-6,11-12,18H2,1-4H3,(H2,37,51)(H2,38,52)(H,49,50)(H,39,41,53)(H,40,42,54);1H4/b8-7+;. The molecular weight excluding hydrogens is 708 g/mol. The number of benzene rings is 2. The number of carboxylic acid groups (broad SMARTS) is 1. The molecule has 18 nitrogen and oxygen atoms in total.